The Morgan fingerprint density at radius 2 is 2.08 bits per heavy atom. The number of aryl methyl sites for hydroxylation is 2. The van der Waals surface area contributed by atoms with E-state index in [0.717, 1.165) is 27.3 Å². The molecule has 1 N–H and O–H groups in total. The molecule has 12 heavy (non-hydrogen) atoms. The average Bonchev–Trinajstić information content (AvgIpc) is 2.09. The van der Waals surface area contributed by atoms with Crippen molar-refractivity contribution in [1.82, 2.24) is 9.97 Å². The standard InChI is InChI=1S/C8H12IN3/c1-4-6-11-5(2)7(9)8(10-3)12-6/h4H2,1-3H3,(H,10,11,12). The highest BCUT2D eigenvalue weighted by Crippen LogP contribution is 2.17. The van der Waals surface area contributed by atoms with Crippen LogP contribution in [0.3, 0.4) is 0 Å². The Balaban J connectivity index is 3.19. The van der Waals surface area contributed by atoms with E-state index in [4.69, 9.17) is 0 Å². The molecule has 1 aromatic rings. The number of aromatic nitrogens is 2. The van der Waals surface area contributed by atoms with E-state index in [9.17, 15) is 0 Å². The van der Waals surface area contributed by atoms with Gasteiger partial charge in [0.15, 0.2) is 0 Å². The van der Waals surface area contributed by atoms with Gasteiger partial charge in [0.1, 0.15) is 11.6 Å². The van der Waals surface area contributed by atoms with E-state index in [-0.39, 0.29) is 0 Å². The highest BCUT2D eigenvalue weighted by atomic mass is 127. The minimum atomic E-state index is 0.881. The van der Waals surface area contributed by atoms with Gasteiger partial charge in [-0.3, -0.25) is 0 Å². The van der Waals surface area contributed by atoms with Crippen molar-refractivity contribution in [1.29, 1.82) is 0 Å². The van der Waals surface area contributed by atoms with E-state index >= 15 is 0 Å². The molecular weight excluding hydrogens is 265 g/mol. The first kappa shape index (κ1) is 9.70. The van der Waals surface area contributed by atoms with E-state index < -0.39 is 0 Å². The Morgan fingerprint density at radius 1 is 1.42 bits per heavy atom. The maximum absolute atomic E-state index is 4.34. The molecule has 66 valence electrons. The zero-order valence-corrected chi connectivity index (χ0v) is 9.64. The summed E-state index contributed by atoms with van der Waals surface area (Å²) in [5.41, 5.74) is 1.05. The van der Waals surface area contributed by atoms with Gasteiger partial charge in [0, 0.05) is 13.5 Å². The smallest absolute Gasteiger partial charge is 0.143 e. The molecule has 0 bridgehead atoms. The van der Waals surface area contributed by atoms with E-state index in [1.807, 2.05) is 14.0 Å². The second kappa shape index (κ2) is 4.02. The van der Waals surface area contributed by atoms with Crippen LogP contribution in [-0.4, -0.2) is 17.0 Å². The number of nitrogens with one attached hydrogen (secondary N) is 1. The SMILES string of the molecule is CCc1nc(C)c(I)c(NC)n1. The molecule has 0 aliphatic carbocycles. The van der Waals surface area contributed by atoms with Crippen LogP contribution in [0.4, 0.5) is 5.82 Å². The predicted molar refractivity (Wildman–Crippen MR) is 58.4 cm³/mol. The fourth-order valence-electron chi connectivity index (χ4n) is 0.941. The summed E-state index contributed by atoms with van der Waals surface area (Å²) in [4.78, 5) is 8.68. The van der Waals surface area contributed by atoms with E-state index in [0.29, 0.717) is 0 Å². The molecule has 1 heterocycles. The summed E-state index contributed by atoms with van der Waals surface area (Å²) in [5, 5.41) is 3.05. The van der Waals surface area contributed by atoms with Gasteiger partial charge in [-0.2, -0.15) is 0 Å². The normalized spacial score (nSPS) is 10.0. The second-order valence-corrected chi connectivity index (χ2v) is 3.57. The van der Waals surface area contributed by atoms with Crippen LogP contribution in [0.25, 0.3) is 0 Å². The number of nitrogens with zero attached hydrogens (tertiary/aromatic N) is 2. The van der Waals surface area contributed by atoms with Gasteiger partial charge in [-0.25, -0.2) is 9.97 Å². The Kier molecular flexibility index (Phi) is 3.25. The van der Waals surface area contributed by atoms with Gasteiger partial charge in [-0.05, 0) is 29.5 Å². The average molecular weight is 277 g/mol. The Morgan fingerprint density at radius 3 is 2.58 bits per heavy atom. The number of anilines is 1. The molecule has 4 heteroatoms. The van der Waals surface area contributed by atoms with Crippen LogP contribution in [-0.2, 0) is 6.42 Å². The Labute approximate surface area is 86.1 Å². The molecule has 0 aromatic carbocycles. The topological polar surface area (TPSA) is 37.8 Å². The van der Waals surface area contributed by atoms with Gasteiger partial charge in [-0.1, -0.05) is 6.92 Å². The van der Waals surface area contributed by atoms with Crippen LogP contribution in [0.15, 0.2) is 0 Å². The molecule has 0 fully saturated rings. The summed E-state index contributed by atoms with van der Waals surface area (Å²) in [7, 11) is 1.88. The third-order valence-electron chi connectivity index (χ3n) is 1.62. The van der Waals surface area contributed by atoms with E-state index in [1.165, 1.54) is 0 Å². The second-order valence-electron chi connectivity index (χ2n) is 2.49. The summed E-state index contributed by atoms with van der Waals surface area (Å²) < 4.78 is 1.10. The first-order valence-corrected chi connectivity index (χ1v) is 4.97. The first-order chi connectivity index (χ1) is 5.69. The van der Waals surface area contributed by atoms with Gasteiger partial charge in [0.05, 0.1) is 9.26 Å². The molecule has 0 amide bonds. The highest BCUT2D eigenvalue weighted by Gasteiger charge is 2.05. The van der Waals surface area contributed by atoms with E-state index in [1.54, 1.807) is 0 Å². The zero-order chi connectivity index (χ0) is 9.14. The Bertz CT molecular complexity index is 286. The maximum Gasteiger partial charge on any atom is 0.143 e. The molecule has 0 unspecified atom stereocenters. The van der Waals surface area contributed by atoms with Crippen molar-refractivity contribution in [3.8, 4) is 0 Å². The fraction of sp³-hybridized carbons (Fsp3) is 0.500. The number of hydrogen-bond donors (Lipinski definition) is 1. The van der Waals surface area contributed by atoms with Crippen molar-refractivity contribution < 1.29 is 0 Å². The minimum Gasteiger partial charge on any atom is -0.372 e. The zero-order valence-electron chi connectivity index (χ0n) is 7.48. The molecule has 3 nitrogen and oxygen atoms in total. The third-order valence-corrected chi connectivity index (χ3v) is 2.91. The summed E-state index contributed by atoms with van der Waals surface area (Å²) >= 11 is 2.25. The van der Waals surface area contributed by atoms with Gasteiger partial charge in [0.25, 0.3) is 0 Å². The molecule has 0 saturated carbocycles. The molecule has 1 aromatic heterocycles. The first-order valence-electron chi connectivity index (χ1n) is 3.89. The Hall–Kier alpha value is -0.390. The summed E-state index contributed by atoms with van der Waals surface area (Å²) in [6, 6.07) is 0. The lowest BCUT2D eigenvalue weighted by Crippen LogP contribution is -2.04. The van der Waals surface area contributed by atoms with Crippen LogP contribution >= 0.6 is 22.6 Å². The van der Waals surface area contributed by atoms with Gasteiger partial charge in [0.2, 0.25) is 0 Å². The van der Waals surface area contributed by atoms with Gasteiger partial charge < -0.3 is 5.32 Å². The summed E-state index contributed by atoms with van der Waals surface area (Å²) in [6.45, 7) is 4.06. The van der Waals surface area contributed by atoms with Crippen molar-refractivity contribution in [2.45, 2.75) is 20.3 Å². The lowest BCUT2D eigenvalue weighted by Gasteiger charge is -2.06. The lowest BCUT2D eigenvalue weighted by atomic mass is 10.4. The monoisotopic (exact) mass is 277 g/mol. The minimum absolute atomic E-state index is 0.881. The molecule has 0 radical (unpaired) electrons. The molecule has 0 aliphatic heterocycles. The molecule has 0 aliphatic rings. The van der Waals surface area contributed by atoms with E-state index in [2.05, 4.69) is 44.8 Å². The van der Waals surface area contributed by atoms with Crippen molar-refractivity contribution in [3.05, 3.63) is 15.1 Å². The lowest BCUT2D eigenvalue weighted by molar-refractivity contribution is 0.912. The summed E-state index contributed by atoms with van der Waals surface area (Å²) in [6.07, 6.45) is 0.881. The highest BCUT2D eigenvalue weighted by molar-refractivity contribution is 14.1. The summed E-state index contributed by atoms with van der Waals surface area (Å²) in [5.74, 6) is 1.83. The van der Waals surface area contributed by atoms with Gasteiger partial charge >= 0.3 is 0 Å². The van der Waals surface area contributed by atoms with Gasteiger partial charge in [-0.15, -0.1) is 0 Å². The van der Waals surface area contributed by atoms with Crippen LogP contribution in [0.2, 0.25) is 0 Å². The van der Waals surface area contributed by atoms with Crippen LogP contribution in [0.5, 0.6) is 0 Å². The number of halogens is 1. The predicted octanol–water partition coefficient (Wildman–Crippen LogP) is 1.99. The quantitative estimate of drug-likeness (QED) is 0.840. The van der Waals surface area contributed by atoms with Crippen molar-refractivity contribution in [2.75, 3.05) is 12.4 Å². The molecule has 1 rings (SSSR count). The fourth-order valence-corrected chi connectivity index (χ4v) is 1.45. The van der Waals surface area contributed by atoms with Crippen molar-refractivity contribution >= 4 is 28.4 Å². The molecular formula is C8H12IN3. The van der Waals surface area contributed by atoms with Crippen LogP contribution in [0.1, 0.15) is 18.4 Å². The van der Waals surface area contributed by atoms with Crippen molar-refractivity contribution in [2.24, 2.45) is 0 Å². The molecule has 0 atom stereocenters. The largest absolute Gasteiger partial charge is 0.372 e. The molecule has 0 saturated heterocycles. The van der Waals surface area contributed by atoms with Crippen LogP contribution < -0.4 is 5.32 Å². The number of rotatable bonds is 2. The van der Waals surface area contributed by atoms with Crippen LogP contribution in [0, 0.1) is 10.5 Å². The number of hydrogen-bond acceptors (Lipinski definition) is 3. The molecule has 0 spiro atoms. The third kappa shape index (κ3) is 1.85. The maximum atomic E-state index is 4.34. The van der Waals surface area contributed by atoms with Crippen molar-refractivity contribution in [3.63, 3.8) is 0 Å².